The molecule has 2 aromatic rings. The summed E-state index contributed by atoms with van der Waals surface area (Å²) in [6.07, 6.45) is 4.95. The van der Waals surface area contributed by atoms with Gasteiger partial charge in [-0.3, -0.25) is 0 Å². The van der Waals surface area contributed by atoms with Crippen LogP contribution in [0.3, 0.4) is 0 Å². The lowest BCUT2D eigenvalue weighted by atomic mass is 10.0. The number of hydrogen-bond donors (Lipinski definition) is 1. The Hall–Kier alpha value is -0.910. The number of thioether (sulfide) groups is 1. The summed E-state index contributed by atoms with van der Waals surface area (Å²) in [5, 5.41) is 14.8. The van der Waals surface area contributed by atoms with Gasteiger partial charge in [-0.1, -0.05) is 18.2 Å². The van der Waals surface area contributed by atoms with Gasteiger partial charge in [0.15, 0.2) is 0 Å². The van der Waals surface area contributed by atoms with Crippen molar-refractivity contribution in [3.05, 3.63) is 39.8 Å². The molecule has 1 aliphatic carbocycles. The molecule has 2 heterocycles. The number of nitrogens with zero attached hydrogens (tertiary/aromatic N) is 2. The molecule has 2 aliphatic rings. The summed E-state index contributed by atoms with van der Waals surface area (Å²) in [5.41, 5.74) is 1.43. The molecule has 1 aromatic heterocycles. The Kier molecular flexibility index (Phi) is 3.97. The van der Waals surface area contributed by atoms with Gasteiger partial charge in [0.1, 0.15) is 10.0 Å². The lowest BCUT2D eigenvalue weighted by Crippen LogP contribution is -2.17. The first-order valence-electron chi connectivity index (χ1n) is 7.67. The van der Waals surface area contributed by atoms with Crippen LogP contribution in [0.4, 0.5) is 0 Å². The molecule has 1 unspecified atom stereocenters. The molecule has 3 nitrogen and oxygen atoms in total. The number of aryl methyl sites for hydroxylation is 1. The van der Waals surface area contributed by atoms with Crippen molar-refractivity contribution in [2.24, 2.45) is 0 Å². The third kappa shape index (κ3) is 3.15. The van der Waals surface area contributed by atoms with Crippen molar-refractivity contribution in [2.45, 2.75) is 42.5 Å². The maximum atomic E-state index is 4.46. The summed E-state index contributed by atoms with van der Waals surface area (Å²) >= 11 is 3.75. The Bertz CT molecular complexity index is 621. The number of nitrogens with one attached hydrogen (secondary N) is 1. The summed E-state index contributed by atoms with van der Waals surface area (Å²) in [6, 6.07) is 9.50. The molecule has 0 radical (unpaired) electrons. The second-order valence-electron chi connectivity index (χ2n) is 5.77. The van der Waals surface area contributed by atoms with Crippen molar-refractivity contribution < 1.29 is 0 Å². The van der Waals surface area contributed by atoms with Crippen LogP contribution in [-0.2, 0) is 6.42 Å². The van der Waals surface area contributed by atoms with Crippen molar-refractivity contribution in [1.29, 1.82) is 0 Å². The second kappa shape index (κ2) is 6.07. The minimum absolute atomic E-state index is 0.446. The first-order chi connectivity index (χ1) is 10.4. The van der Waals surface area contributed by atoms with E-state index in [1.165, 1.54) is 39.7 Å². The summed E-state index contributed by atoms with van der Waals surface area (Å²) in [5.74, 6) is 1.55. The van der Waals surface area contributed by atoms with E-state index in [0.29, 0.717) is 5.92 Å². The van der Waals surface area contributed by atoms with Gasteiger partial charge in [-0.25, -0.2) is 0 Å². The van der Waals surface area contributed by atoms with E-state index in [9.17, 15) is 0 Å². The van der Waals surface area contributed by atoms with E-state index in [-0.39, 0.29) is 0 Å². The molecule has 1 aliphatic heterocycles. The minimum atomic E-state index is 0.446. The van der Waals surface area contributed by atoms with Crippen molar-refractivity contribution in [2.75, 3.05) is 12.3 Å². The third-order valence-corrected chi connectivity index (χ3v) is 6.34. The van der Waals surface area contributed by atoms with Crippen molar-refractivity contribution >= 4 is 23.1 Å². The van der Waals surface area contributed by atoms with Crippen molar-refractivity contribution in [3.8, 4) is 0 Å². The average molecular weight is 317 g/mol. The summed E-state index contributed by atoms with van der Waals surface area (Å²) in [7, 11) is 0. The molecule has 0 saturated heterocycles. The van der Waals surface area contributed by atoms with Crippen LogP contribution in [0.5, 0.6) is 0 Å². The van der Waals surface area contributed by atoms with Crippen LogP contribution in [0.15, 0.2) is 29.2 Å². The average Bonchev–Trinajstić information content (AvgIpc) is 3.06. The zero-order chi connectivity index (χ0) is 14.1. The van der Waals surface area contributed by atoms with Gasteiger partial charge >= 0.3 is 0 Å². The van der Waals surface area contributed by atoms with Gasteiger partial charge in [0.05, 0.1) is 0 Å². The van der Waals surface area contributed by atoms with Gasteiger partial charge in [-0.2, -0.15) is 0 Å². The van der Waals surface area contributed by atoms with Gasteiger partial charge in [-0.15, -0.1) is 33.3 Å². The summed E-state index contributed by atoms with van der Waals surface area (Å²) < 4.78 is 0. The minimum Gasteiger partial charge on any atom is -0.314 e. The largest absolute Gasteiger partial charge is 0.314 e. The van der Waals surface area contributed by atoms with E-state index >= 15 is 0 Å². The Labute approximate surface area is 133 Å². The van der Waals surface area contributed by atoms with E-state index in [4.69, 9.17) is 0 Å². The molecule has 0 bridgehead atoms. The Morgan fingerprint density at radius 3 is 3.00 bits per heavy atom. The SMILES string of the molecule is c1ccc2c(c1)SCC2c1nnc(CCCNC2CC2)s1. The Balaban J connectivity index is 1.38. The normalized spacial score (nSPS) is 20.7. The molecule has 0 amide bonds. The fraction of sp³-hybridized carbons (Fsp3) is 0.500. The molecule has 1 saturated carbocycles. The number of rotatable bonds is 6. The molecule has 1 aromatic carbocycles. The summed E-state index contributed by atoms with van der Waals surface area (Å²) in [6.45, 7) is 1.11. The zero-order valence-corrected chi connectivity index (χ0v) is 13.6. The van der Waals surface area contributed by atoms with Crippen LogP contribution in [0.1, 0.15) is 40.8 Å². The highest BCUT2D eigenvalue weighted by atomic mass is 32.2. The topological polar surface area (TPSA) is 37.8 Å². The van der Waals surface area contributed by atoms with Gasteiger partial charge in [0.2, 0.25) is 0 Å². The Morgan fingerprint density at radius 1 is 1.19 bits per heavy atom. The van der Waals surface area contributed by atoms with E-state index in [1.807, 2.05) is 11.8 Å². The molecule has 5 heteroatoms. The third-order valence-electron chi connectivity index (χ3n) is 4.06. The number of hydrogen-bond acceptors (Lipinski definition) is 5. The van der Waals surface area contributed by atoms with Gasteiger partial charge in [0.25, 0.3) is 0 Å². The number of benzene rings is 1. The summed E-state index contributed by atoms with van der Waals surface area (Å²) in [4.78, 5) is 1.41. The van der Waals surface area contributed by atoms with E-state index in [1.54, 1.807) is 11.3 Å². The first-order valence-corrected chi connectivity index (χ1v) is 9.48. The Morgan fingerprint density at radius 2 is 2.10 bits per heavy atom. The van der Waals surface area contributed by atoms with Crippen LogP contribution in [0.25, 0.3) is 0 Å². The van der Waals surface area contributed by atoms with Crippen LogP contribution in [0, 0.1) is 0 Å². The molecule has 1 N–H and O–H groups in total. The molecular formula is C16H19N3S2. The van der Waals surface area contributed by atoms with Crippen LogP contribution >= 0.6 is 23.1 Å². The number of fused-ring (bicyclic) bond motifs is 1. The smallest absolute Gasteiger partial charge is 0.125 e. The lowest BCUT2D eigenvalue weighted by molar-refractivity contribution is 0.642. The van der Waals surface area contributed by atoms with Crippen LogP contribution in [-0.4, -0.2) is 28.5 Å². The van der Waals surface area contributed by atoms with E-state index in [0.717, 1.165) is 24.8 Å². The maximum absolute atomic E-state index is 4.46. The maximum Gasteiger partial charge on any atom is 0.125 e. The fourth-order valence-electron chi connectivity index (χ4n) is 2.71. The molecular weight excluding hydrogens is 298 g/mol. The zero-order valence-electron chi connectivity index (χ0n) is 11.9. The highest BCUT2D eigenvalue weighted by Crippen LogP contribution is 2.43. The lowest BCUT2D eigenvalue weighted by Gasteiger charge is -2.05. The molecule has 1 fully saturated rings. The van der Waals surface area contributed by atoms with Crippen LogP contribution in [0.2, 0.25) is 0 Å². The van der Waals surface area contributed by atoms with Crippen LogP contribution < -0.4 is 5.32 Å². The highest BCUT2D eigenvalue weighted by molar-refractivity contribution is 7.99. The quantitative estimate of drug-likeness (QED) is 0.828. The molecule has 0 spiro atoms. The molecule has 110 valence electrons. The molecule has 21 heavy (non-hydrogen) atoms. The first kappa shape index (κ1) is 13.7. The molecule has 4 rings (SSSR count). The van der Waals surface area contributed by atoms with Crippen molar-refractivity contribution in [1.82, 2.24) is 15.5 Å². The van der Waals surface area contributed by atoms with Gasteiger partial charge in [0, 0.05) is 29.0 Å². The van der Waals surface area contributed by atoms with Crippen molar-refractivity contribution in [3.63, 3.8) is 0 Å². The number of aromatic nitrogens is 2. The predicted molar refractivity (Wildman–Crippen MR) is 88.3 cm³/mol. The van der Waals surface area contributed by atoms with Gasteiger partial charge < -0.3 is 5.32 Å². The monoisotopic (exact) mass is 317 g/mol. The standard InChI is InChI=1S/C16H19N3S2/c1-2-5-14-12(4-1)13(10-20-14)16-19-18-15(21-16)6-3-9-17-11-7-8-11/h1-2,4-5,11,13,17H,3,6-10H2. The predicted octanol–water partition coefficient (Wildman–Crippen LogP) is 3.46. The van der Waals surface area contributed by atoms with E-state index < -0.39 is 0 Å². The fourth-order valence-corrected chi connectivity index (χ4v) is 5.05. The highest BCUT2D eigenvalue weighted by Gasteiger charge is 2.27. The van der Waals surface area contributed by atoms with Gasteiger partial charge in [-0.05, 0) is 37.4 Å². The molecule has 1 atom stereocenters. The van der Waals surface area contributed by atoms with E-state index in [2.05, 4.69) is 39.8 Å². The second-order valence-corrected chi connectivity index (χ2v) is 7.92.